The van der Waals surface area contributed by atoms with Crippen LogP contribution in [0.15, 0.2) is 36.4 Å². The number of benzene rings is 2. The number of fused-ring (bicyclic) bond motifs is 1. The number of carbonyl (C=O) groups is 1. The highest BCUT2D eigenvalue weighted by atomic mass is 19.1. The van der Waals surface area contributed by atoms with Crippen molar-refractivity contribution in [2.24, 2.45) is 0 Å². The van der Waals surface area contributed by atoms with E-state index in [1.807, 2.05) is 6.07 Å². The van der Waals surface area contributed by atoms with Gasteiger partial charge in [-0.3, -0.25) is 10.1 Å². The molecule has 2 N–H and O–H groups in total. The number of rotatable bonds is 3. The van der Waals surface area contributed by atoms with E-state index in [4.69, 9.17) is 4.74 Å². The summed E-state index contributed by atoms with van der Waals surface area (Å²) in [6.07, 6.45) is 0. The normalized spacial score (nSPS) is 13.4. The lowest BCUT2D eigenvalue weighted by Crippen LogP contribution is -2.20. The Labute approximate surface area is 161 Å². The Morgan fingerprint density at radius 1 is 1.29 bits per heavy atom. The number of halogens is 1. The zero-order chi connectivity index (χ0) is 19.7. The highest BCUT2D eigenvalue weighted by Crippen LogP contribution is 2.25. The van der Waals surface area contributed by atoms with Crippen molar-refractivity contribution in [2.75, 3.05) is 18.5 Å². The van der Waals surface area contributed by atoms with E-state index in [1.54, 1.807) is 32.0 Å². The van der Waals surface area contributed by atoms with Crippen LogP contribution in [0.4, 0.5) is 10.3 Å². The smallest absolute Gasteiger partial charge is 0.258 e. The lowest BCUT2D eigenvalue weighted by atomic mass is 10.1. The molecule has 0 saturated heterocycles. The summed E-state index contributed by atoms with van der Waals surface area (Å²) >= 11 is 0. The molecule has 0 unspecified atom stereocenters. The maximum absolute atomic E-state index is 13.5. The third-order valence-electron chi connectivity index (χ3n) is 4.54. The Morgan fingerprint density at radius 2 is 2.14 bits per heavy atom. The Kier molecular flexibility index (Phi) is 4.79. The molecule has 1 aromatic heterocycles. The summed E-state index contributed by atoms with van der Waals surface area (Å²) in [5, 5.41) is 10.4. The van der Waals surface area contributed by atoms with Crippen LogP contribution >= 0.6 is 0 Å². The van der Waals surface area contributed by atoms with E-state index in [2.05, 4.69) is 20.7 Å². The average Bonchev–Trinajstić information content (AvgIpc) is 2.87. The van der Waals surface area contributed by atoms with Crippen LogP contribution in [-0.4, -0.2) is 33.8 Å². The molecule has 0 radical (unpaired) electrons. The number of nitrogens with one attached hydrogen (secondary N) is 2. The van der Waals surface area contributed by atoms with Gasteiger partial charge in [-0.2, -0.15) is 9.67 Å². The summed E-state index contributed by atoms with van der Waals surface area (Å²) in [7, 11) is 0. The van der Waals surface area contributed by atoms with Crippen molar-refractivity contribution in [3.63, 3.8) is 0 Å². The molecule has 0 saturated carbocycles. The molecule has 8 heteroatoms. The molecule has 0 atom stereocenters. The molecule has 2 heterocycles. The van der Waals surface area contributed by atoms with Crippen LogP contribution in [0.25, 0.3) is 5.69 Å². The summed E-state index contributed by atoms with van der Waals surface area (Å²) in [6.45, 7) is 5.32. The summed E-state index contributed by atoms with van der Waals surface area (Å²) in [5.74, 6) is 0.832. The number of amides is 1. The van der Waals surface area contributed by atoms with E-state index in [1.165, 1.54) is 16.8 Å². The van der Waals surface area contributed by atoms with E-state index < -0.39 is 0 Å². The summed E-state index contributed by atoms with van der Waals surface area (Å²) in [5.41, 5.74) is 2.65. The van der Waals surface area contributed by atoms with Crippen molar-refractivity contribution >= 4 is 11.9 Å². The Bertz CT molecular complexity index is 1050. The van der Waals surface area contributed by atoms with E-state index in [0.29, 0.717) is 48.1 Å². The fraction of sp³-hybridized carbons (Fsp3) is 0.250. The molecule has 0 spiro atoms. The standard InChI is InChI=1S/C20H20FN5O2/c1-12-10-14(21)6-7-17(12)26-20(23-13(2)25-26)24-19(27)15-4-3-5-18-16(15)11-22-8-9-28-18/h3-7,10,22H,8-9,11H2,1-2H3,(H,23,24,25,27). The maximum Gasteiger partial charge on any atom is 0.258 e. The second kappa shape index (κ2) is 7.40. The van der Waals surface area contributed by atoms with Gasteiger partial charge < -0.3 is 10.1 Å². The molecule has 4 rings (SSSR count). The molecule has 0 fully saturated rings. The first-order chi connectivity index (χ1) is 13.5. The van der Waals surface area contributed by atoms with Crippen molar-refractivity contribution in [3.8, 4) is 11.4 Å². The van der Waals surface area contributed by atoms with Gasteiger partial charge in [-0.25, -0.2) is 4.39 Å². The first-order valence-electron chi connectivity index (χ1n) is 9.00. The number of aromatic nitrogens is 3. The first kappa shape index (κ1) is 18.1. The number of hydrogen-bond acceptors (Lipinski definition) is 5. The number of anilines is 1. The monoisotopic (exact) mass is 381 g/mol. The van der Waals surface area contributed by atoms with Crippen molar-refractivity contribution in [1.29, 1.82) is 0 Å². The number of hydrogen-bond donors (Lipinski definition) is 2. The fourth-order valence-electron chi connectivity index (χ4n) is 3.23. The van der Waals surface area contributed by atoms with Gasteiger partial charge in [-0.1, -0.05) is 6.07 Å². The molecule has 0 aliphatic carbocycles. The number of carbonyl (C=O) groups excluding carboxylic acids is 1. The number of ether oxygens (including phenoxy) is 1. The van der Waals surface area contributed by atoms with Crippen LogP contribution in [0.3, 0.4) is 0 Å². The molecule has 1 amide bonds. The quantitative estimate of drug-likeness (QED) is 0.729. The van der Waals surface area contributed by atoms with Crippen molar-refractivity contribution in [2.45, 2.75) is 20.4 Å². The van der Waals surface area contributed by atoms with Gasteiger partial charge in [0, 0.05) is 24.2 Å². The van der Waals surface area contributed by atoms with Crippen LogP contribution in [-0.2, 0) is 6.54 Å². The molecule has 2 aromatic carbocycles. The van der Waals surface area contributed by atoms with Gasteiger partial charge in [0.25, 0.3) is 5.91 Å². The van der Waals surface area contributed by atoms with Crippen LogP contribution in [0, 0.1) is 19.7 Å². The van der Waals surface area contributed by atoms with Gasteiger partial charge in [0.2, 0.25) is 5.95 Å². The van der Waals surface area contributed by atoms with Gasteiger partial charge in [-0.15, -0.1) is 5.10 Å². The number of aryl methyl sites for hydroxylation is 2. The highest BCUT2D eigenvalue weighted by Gasteiger charge is 2.20. The van der Waals surface area contributed by atoms with Gasteiger partial charge in [0.15, 0.2) is 0 Å². The van der Waals surface area contributed by atoms with E-state index in [-0.39, 0.29) is 17.7 Å². The zero-order valence-corrected chi connectivity index (χ0v) is 15.6. The lowest BCUT2D eigenvalue weighted by molar-refractivity contribution is 0.102. The van der Waals surface area contributed by atoms with E-state index in [0.717, 1.165) is 5.56 Å². The second-order valence-corrected chi connectivity index (χ2v) is 6.59. The molecule has 1 aliphatic rings. The number of nitrogens with zero attached hydrogens (tertiary/aromatic N) is 3. The molecule has 144 valence electrons. The summed E-state index contributed by atoms with van der Waals surface area (Å²) in [6, 6.07) is 9.78. The van der Waals surface area contributed by atoms with Crippen molar-refractivity contribution in [1.82, 2.24) is 20.1 Å². The predicted octanol–water partition coefficient (Wildman–Crippen LogP) is 2.76. The second-order valence-electron chi connectivity index (χ2n) is 6.59. The largest absolute Gasteiger partial charge is 0.492 e. The third-order valence-corrected chi connectivity index (χ3v) is 4.54. The van der Waals surface area contributed by atoms with E-state index >= 15 is 0 Å². The van der Waals surface area contributed by atoms with Gasteiger partial charge in [0.1, 0.15) is 24.0 Å². The highest BCUT2D eigenvalue weighted by molar-refractivity contribution is 6.05. The first-order valence-corrected chi connectivity index (χ1v) is 9.00. The Balaban J connectivity index is 1.68. The zero-order valence-electron chi connectivity index (χ0n) is 15.6. The average molecular weight is 381 g/mol. The summed E-state index contributed by atoms with van der Waals surface area (Å²) in [4.78, 5) is 17.3. The van der Waals surface area contributed by atoms with Crippen LogP contribution in [0.1, 0.15) is 27.3 Å². The fourth-order valence-corrected chi connectivity index (χ4v) is 3.23. The molecule has 0 bridgehead atoms. The molecular weight excluding hydrogens is 361 g/mol. The van der Waals surface area contributed by atoms with Crippen LogP contribution in [0.5, 0.6) is 5.75 Å². The maximum atomic E-state index is 13.5. The van der Waals surface area contributed by atoms with Gasteiger partial charge in [0.05, 0.1) is 5.69 Å². The lowest BCUT2D eigenvalue weighted by Gasteiger charge is -2.13. The Hall–Kier alpha value is -3.26. The molecule has 3 aromatic rings. The SMILES string of the molecule is Cc1nc(NC(=O)c2cccc3c2CNCCO3)n(-c2ccc(F)cc2C)n1. The molecule has 28 heavy (non-hydrogen) atoms. The minimum Gasteiger partial charge on any atom is -0.492 e. The summed E-state index contributed by atoms with van der Waals surface area (Å²) < 4.78 is 20.7. The van der Waals surface area contributed by atoms with Crippen LogP contribution in [0.2, 0.25) is 0 Å². The van der Waals surface area contributed by atoms with Gasteiger partial charge in [-0.05, 0) is 49.7 Å². The predicted molar refractivity (Wildman–Crippen MR) is 102 cm³/mol. The van der Waals surface area contributed by atoms with Crippen molar-refractivity contribution in [3.05, 3.63) is 64.7 Å². The molecule has 1 aliphatic heterocycles. The van der Waals surface area contributed by atoms with Gasteiger partial charge >= 0.3 is 0 Å². The van der Waals surface area contributed by atoms with Crippen LogP contribution < -0.4 is 15.4 Å². The molecular formula is C20H20FN5O2. The van der Waals surface area contributed by atoms with E-state index in [9.17, 15) is 9.18 Å². The van der Waals surface area contributed by atoms with Crippen molar-refractivity contribution < 1.29 is 13.9 Å². The topological polar surface area (TPSA) is 81.1 Å². The Morgan fingerprint density at radius 3 is 2.96 bits per heavy atom. The minimum absolute atomic E-state index is 0.275. The third kappa shape index (κ3) is 3.46. The molecule has 7 nitrogen and oxygen atoms in total. The minimum atomic E-state index is -0.330.